The van der Waals surface area contributed by atoms with Crippen LogP contribution in [0, 0.1) is 0 Å². The number of hydrogen-bond acceptors (Lipinski definition) is 3. The molecular formula is C20H20ClN3O2. The van der Waals surface area contributed by atoms with E-state index in [-0.39, 0.29) is 12.3 Å². The molecule has 2 aromatic carbocycles. The topological polar surface area (TPSA) is 47.4 Å². The fraction of sp³-hybridized carbons (Fsp3) is 0.200. The number of hydrogen-bond donors (Lipinski definition) is 0. The highest BCUT2D eigenvalue weighted by molar-refractivity contribution is 6.30. The van der Waals surface area contributed by atoms with Gasteiger partial charge in [-0.3, -0.25) is 4.79 Å². The number of para-hydroxylation sites is 1. The van der Waals surface area contributed by atoms with Crippen molar-refractivity contribution in [1.29, 1.82) is 0 Å². The van der Waals surface area contributed by atoms with E-state index in [9.17, 15) is 4.79 Å². The summed E-state index contributed by atoms with van der Waals surface area (Å²) < 4.78 is 7.11. The maximum Gasteiger partial charge on any atom is 0.227 e. The van der Waals surface area contributed by atoms with Gasteiger partial charge in [-0.1, -0.05) is 29.8 Å². The number of amides is 1. The number of halogens is 1. The SMILES string of the molecule is COc1ccc(Cl)cc1CN(C)C(=O)Cc1cnn(-c2ccccc2)c1. The van der Waals surface area contributed by atoms with Crippen LogP contribution in [-0.2, 0) is 17.8 Å². The monoisotopic (exact) mass is 369 g/mol. The number of benzene rings is 2. The molecule has 1 heterocycles. The van der Waals surface area contributed by atoms with Crippen molar-refractivity contribution < 1.29 is 9.53 Å². The Morgan fingerprint density at radius 3 is 2.73 bits per heavy atom. The number of aromatic nitrogens is 2. The first-order valence-electron chi connectivity index (χ1n) is 8.22. The number of rotatable bonds is 6. The highest BCUT2D eigenvalue weighted by Crippen LogP contribution is 2.24. The van der Waals surface area contributed by atoms with Crippen molar-refractivity contribution in [3.05, 3.63) is 77.1 Å². The maximum absolute atomic E-state index is 12.6. The number of likely N-dealkylation sites (N-methyl/N-ethyl adjacent to an activating group) is 1. The maximum atomic E-state index is 12.6. The molecule has 0 N–H and O–H groups in total. The molecule has 0 bridgehead atoms. The zero-order valence-corrected chi connectivity index (χ0v) is 15.5. The molecule has 0 unspecified atom stereocenters. The van der Waals surface area contributed by atoms with Crippen molar-refractivity contribution in [2.45, 2.75) is 13.0 Å². The van der Waals surface area contributed by atoms with E-state index in [1.165, 1.54) is 0 Å². The normalized spacial score (nSPS) is 10.6. The van der Waals surface area contributed by atoms with Gasteiger partial charge in [0.15, 0.2) is 0 Å². The van der Waals surface area contributed by atoms with Crippen LogP contribution in [0.5, 0.6) is 5.75 Å². The molecule has 3 aromatic rings. The molecular weight excluding hydrogens is 350 g/mol. The van der Waals surface area contributed by atoms with Crippen LogP contribution in [0.4, 0.5) is 0 Å². The van der Waals surface area contributed by atoms with Crippen LogP contribution >= 0.6 is 11.6 Å². The predicted octanol–water partition coefficient (Wildman–Crippen LogP) is 3.74. The van der Waals surface area contributed by atoms with Gasteiger partial charge < -0.3 is 9.64 Å². The van der Waals surface area contributed by atoms with Gasteiger partial charge in [0, 0.05) is 30.4 Å². The van der Waals surface area contributed by atoms with Crippen molar-refractivity contribution in [3.63, 3.8) is 0 Å². The first kappa shape index (κ1) is 18.0. The van der Waals surface area contributed by atoms with E-state index < -0.39 is 0 Å². The lowest BCUT2D eigenvalue weighted by atomic mass is 10.1. The second-order valence-corrected chi connectivity index (χ2v) is 6.45. The van der Waals surface area contributed by atoms with Gasteiger partial charge >= 0.3 is 0 Å². The lowest BCUT2D eigenvalue weighted by Gasteiger charge is -2.19. The summed E-state index contributed by atoms with van der Waals surface area (Å²) >= 11 is 6.06. The van der Waals surface area contributed by atoms with E-state index >= 15 is 0 Å². The van der Waals surface area contributed by atoms with Gasteiger partial charge in [-0.05, 0) is 35.9 Å². The van der Waals surface area contributed by atoms with Crippen LogP contribution in [0.15, 0.2) is 60.9 Å². The molecule has 0 spiro atoms. The molecule has 0 radical (unpaired) electrons. The summed E-state index contributed by atoms with van der Waals surface area (Å²) in [5.41, 5.74) is 2.70. The molecule has 134 valence electrons. The smallest absolute Gasteiger partial charge is 0.227 e. The molecule has 1 amide bonds. The second kappa shape index (κ2) is 8.06. The van der Waals surface area contributed by atoms with Crippen molar-refractivity contribution in [2.24, 2.45) is 0 Å². The van der Waals surface area contributed by atoms with Gasteiger partial charge in [0.1, 0.15) is 5.75 Å². The molecule has 6 heteroatoms. The highest BCUT2D eigenvalue weighted by Gasteiger charge is 2.14. The van der Waals surface area contributed by atoms with Gasteiger partial charge in [-0.2, -0.15) is 5.10 Å². The molecule has 0 aliphatic heterocycles. The Balaban J connectivity index is 1.67. The van der Waals surface area contributed by atoms with Crippen molar-refractivity contribution >= 4 is 17.5 Å². The first-order chi connectivity index (χ1) is 12.6. The minimum Gasteiger partial charge on any atom is -0.496 e. The summed E-state index contributed by atoms with van der Waals surface area (Å²) in [6, 6.07) is 15.2. The van der Waals surface area contributed by atoms with Crippen LogP contribution in [0.3, 0.4) is 0 Å². The largest absolute Gasteiger partial charge is 0.496 e. The van der Waals surface area contributed by atoms with Gasteiger partial charge in [-0.25, -0.2) is 4.68 Å². The summed E-state index contributed by atoms with van der Waals surface area (Å²) in [4.78, 5) is 14.2. The standard InChI is InChI=1S/C20H20ClN3O2/c1-23(14-16-11-17(21)8-9-19(16)26-2)20(25)10-15-12-22-24(13-15)18-6-4-3-5-7-18/h3-9,11-13H,10,14H2,1-2H3. The number of methoxy groups -OCH3 is 1. The van der Waals surface area contributed by atoms with E-state index in [0.29, 0.717) is 17.3 Å². The highest BCUT2D eigenvalue weighted by atomic mass is 35.5. The minimum atomic E-state index is -0.000333. The number of nitrogens with zero attached hydrogens (tertiary/aromatic N) is 3. The summed E-state index contributed by atoms with van der Waals surface area (Å²) in [6.07, 6.45) is 3.88. The fourth-order valence-electron chi connectivity index (χ4n) is 2.70. The predicted molar refractivity (Wildman–Crippen MR) is 102 cm³/mol. The Bertz CT molecular complexity index is 893. The Hall–Kier alpha value is -2.79. The molecule has 1 aromatic heterocycles. The van der Waals surface area contributed by atoms with E-state index in [1.54, 1.807) is 42.1 Å². The minimum absolute atomic E-state index is 0.000333. The Morgan fingerprint density at radius 1 is 1.23 bits per heavy atom. The van der Waals surface area contributed by atoms with Crippen molar-refractivity contribution in [3.8, 4) is 11.4 Å². The number of carbonyl (C=O) groups excluding carboxylic acids is 1. The van der Waals surface area contributed by atoms with Crippen molar-refractivity contribution in [1.82, 2.24) is 14.7 Å². The zero-order chi connectivity index (χ0) is 18.5. The van der Waals surface area contributed by atoms with Crippen LogP contribution in [-0.4, -0.2) is 34.7 Å². The molecule has 26 heavy (non-hydrogen) atoms. The summed E-state index contributed by atoms with van der Waals surface area (Å²) in [6.45, 7) is 0.426. The Kier molecular flexibility index (Phi) is 5.58. The van der Waals surface area contributed by atoms with Gasteiger partial charge in [0.2, 0.25) is 5.91 Å². The fourth-order valence-corrected chi connectivity index (χ4v) is 2.89. The van der Waals surface area contributed by atoms with Gasteiger partial charge in [-0.15, -0.1) is 0 Å². The molecule has 0 saturated heterocycles. The lowest BCUT2D eigenvalue weighted by Crippen LogP contribution is -2.27. The Labute approximate surface area is 157 Å². The molecule has 0 aliphatic carbocycles. The average Bonchev–Trinajstić information content (AvgIpc) is 3.11. The number of carbonyl (C=O) groups is 1. The third kappa shape index (κ3) is 4.24. The third-order valence-electron chi connectivity index (χ3n) is 4.09. The molecule has 5 nitrogen and oxygen atoms in total. The van der Waals surface area contributed by atoms with Crippen LogP contribution in [0.1, 0.15) is 11.1 Å². The lowest BCUT2D eigenvalue weighted by molar-refractivity contribution is -0.129. The Morgan fingerprint density at radius 2 is 2.00 bits per heavy atom. The van der Waals surface area contributed by atoms with E-state index in [4.69, 9.17) is 16.3 Å². The molecule has 3 rings (SSSR count). The number of ether oxygens (including phenoxy) is 1. The zero-order valence-electron chi connectivity index (χ0n) is 14.7. The van der Waals surface area contributed by atoms with Crippen molar-refractivity contribution in [2.75, 3.05) is 14.2 Å². The molecule has 0 atom stereocenters. The van der Waals surface area contributed by atoms with E-state index in [2.05, 4.69) is 5.10 Å². The summed E-state index contributed by atoms with van der Waals surface area (Å²) in [7, 11) is 3.37. The quantitative estimate of drug-likeness (QED) is 0.665. The summed E-state index contributed by atoms with van der Waals surface area (Å²) in [5, 5.41) is 4.95. The average molecular weight is 370 g/mol. The third-order valence-corrected chi connectivity index (χ3v) is 4.32. The molecule has 0 fully saturated rings. The van der Waals surface area contributed by atoms with E-state index in [1.807, 2.05) is 42.6 Å². The van der Waals surface area contributed by atoms with Crippen LogP contribution in [0.2, 0.25) is 5.02 Å². The summed E-state index contributed by atoms with van der Waals surface area (Å²) in [5.74, 6) is 0.714. The second-order valence-electron chi connectivity index (χ2n) is 6.01. The van der Waals surface area contributed by atoms with Crippen LogP contribution < -0.4 is 4.74 Å². The van der Waals surface area contributed by atoms with Crippen LogP contribution in [0.25, 0.3) is 5.69 Å². The molecule has 0 aliphatic rings. The van der Waals surface area contributed by atoms with Gasteiger partial charge in [0.25, 0.3) is 0 Å². The van der Waals surface area contributed by atoms with E-state index in [0.717, 1.165) is 16.8 Å². The molecule has 0 saturated carbocycles. The van der Waals surface area contributed by atoms with Gasteiger partial charge in [0.05, 0.1) is 25.4 Å². The first-order valence-corrected chi connectivity index (χ1v) is 8.60.